The Hall–Kier alpha value is -0.785. The van der Waals surface area contributed by atoms with E-state index >= 15 is 0 Å². The summed E-state index contributed by atoms with van der Waals surface area (Å²) in [5.74, 6) is 0.122. The van der Waals surface area contributed by atoms with Crippen molar-refractivity contribution in [3.8, 4) is 0 Å². The van der Waals surface area contributed by atoms with Crippen molar-refractivity contribution in [2.24, 2.45) is 0 Å². The van der Waals surface area contributed by atoms with Crippen molar-refractivity contribution in [3.63, 3.8) is 0 Å². The van der Waals surface area contributed by atoms with Crippen LogP contribution in [0.25, 0.3) is 0 Å². The Kier molecular flexibility index (Phi) is 10.8. The predicted octanol–water partition coefficient (Wildman–Crippen LogP) is 6.75. The zero-order chi connectivity index (χ0) is 25.6. The molecule has 1 aromatic rings. The van der Waals surface area contributed by atoms with Gasteiger partial charge in [-0.3, -0.25) is 4.79 Å². The number of hydrogen-bond acceptors (Lipinski definition) is 4. The molecule has 1 heterocycles. The van der Waals surface area contributed by atoms with Crippen LogP contribution in [-0.2, 0) is 20.6 Å². The van der Waals surface area contributed by atoms with Gasteiger partial charge in [0.25, 0.3) is 0 Å². The summed E-state index contributed by atoms with van der Waals surface area (Å²) in [6.07, 6.45) is 6.79. The monoisotopic (exact) mass is 512 g/mol. The Morgan fingerprint density at radius 1 is 1.06 bits per heavy atom. The van der Waals surface area contributed by atoms with Crippen molar-refractivity contribution in [1.29, 1.82) is 0 Å². The van der Waals surface area contributed by atoms with Crippen molar-refractivity contribution in [1.82, 2.24) is 10.2 Å². The second kappa shape index (κ2) is 12.4. The molecule has 1 aromatic carbocycles. The van der Waals surface area contributed by atoms with E-state index in [-0.39, 0.29) is 29.8 Å². The lowest BCUT2D eigenvalue weighted by Crippen LogP contribution is -2.48. The lowest BCUT2D eigenvalue weighted by Gasteiger charge is -2.42. The van der Waals surface area contributed by atoms with Gasteiger partial charge in [0.05, 0.1) is 21.2 Å². The number of carbonyl (C=O) groups is 1. The molecule has 1 saturated heterocycles. The Morgan fingerprint density at radius 3 is 2.24 bits per heavy atom. The lowest BCUT2D eigenvalue weighted by molar-refractivity contribution is -0.134. The third kappa shape index (κ3) is 7.60. The Morgan fingerprint density at radius 2 is 1.68 bits per heavy atom. The summed E-state index contributed by atoms with van der Waals surface area (Å²) >= 11 is 12.1. The molecule has 5 nitrogen and oxygen atoms in total. The highest BCUT2D eigenvalue weighted by atomic mass is 35.5. The van der Waals surface area contributed by atoms with Crippen LogP contribution in [0.1, 0.15) is 85.6 Å². The van der Waals surface area contributed by atoms with E-state index in [9.17, 15) is 4.79 Å². The van der Waals surface area contributed by atoms with Crippen LogP contribution < -0.4 is 5.32 Å². The smallest absolute Gasteiger partial charge is 0.403 e. The van der Waals surface area contributed by atoms with Gasteiger partial charge in [0, 0.05) is 26.1 Å². The molecule has 0 aliphatic carbocycles. The minimum Gasteiger partial charge on any atom is -0.403 e. The summed E-state index contributed by atoms with van der Waals surface area (Å²) in [5, 5.41) is 4.65. The average Bonchev–Trinajstić information content (AvgIpc) is 2.97. The second-order valence-corrected chi connectivity index (χ2v) is 11.4. The quantitative estimate of drug-likeness (QED) is 0.234. The SMILES string of the molecule is CCC(CCCCB1OC(C)(C)C(C)(C)O1)(CCCNCc1ccc(Cl)c(Cl)c1)N(C)C(C)=O. The molecular weight excluding hydrogens is 470 g/mol. The zero-order valence-electron chi connectivity index (χ0n) is 22.1. The first-order valence-electron chi connectivity index (χ1n) is 12.6. The summed E-state index contributed by atoms with van der Waals surface area (Å²) in [5.41, 5.74) is 0.404. The lowest BCUT2D eigenvalue weighted by atomic mass is 9.78. The van der Waals surface area contributed by atoms with Gasteiger partial charge in [-0.25, -0.2) is 0 Å². The van der Waals surface area contributed by atoms with Crippen molar-refractivity contribution in [2.75, 3.05) is 13.6 Å². The van der Waals surface area contributed by atoms with E-state index in [4.69, 9.17) is 32.5 Å². The van der Waals surface area contributed by atoms with Gasteiger partial charge in [-0.1, -0.05) is 49.0 Å². The highest BCUT2D eigenvalue weighted by Gasteiger charge is 2.50. The minimum absolute atomic E-state index is 0.122. The summed E-state index contributed by atoms with van der Waals surface area (Å²) < 4.78 is 12.3. The number of hydrogen-bond donors (Lipinski definition) is 1. The standard InChI is InChI=1S/C26H43BCl2N2O3/c1-8-26(31(7)20(2)32,14-9-10-16-27-33-24(3,4)25(5,6)34-27)15-11-17-30-19-21-12-13-22(28)23(29)18-21/h12-13,18,30H,8-11,14-17,19H2,1-7H3. The first kappa shape index (κ1) is 29.4. The maximum atomic E-state index is 12.3. The molecule has 34 heavy (non-hydrogen) atoms. The van der Waals surface area contributed by atoms with Crippen LogP contribution in [0.15, 0.2) is 18.2 Å². The van der Waals surface area contributed by atoms with Gasteiger partial charge in [-0.05, 0) is 83.9 Å². The third-order valence-electron chi connectivity index (χ3n) is 7.78. The Bertz CT molecular complexity index is 805. The van der Waals surface area contributed by atoms with E-state index in [1.165, 1.54) is 0 Å². The van der Waals surface area contributed by atoms with E-state index in [1.54, 1.807) is 6.92 Å². The molecule has 1 aliphatic rings. The van der Waals surface area contributed by atoms with Crippen LogP contribution in [-0.4, -0.2) is 48.3 Å². The largest absolute Gasteiger partial charge is 0.457 e. The highest BCUT2D eigenvalue weighted by molar-refractivity contribution is 6.45. The molecule has 0 saturated carbocycles. The normalized spacial score (nSPS) is 18.7. The van der Waals surface area contributed by atoms with Gasteiger partial charge in [0.2, 0.25) is 5.91 Å². The Balaban J connectivity index is 1.84. The van der Waals surface area contributed by atoms with Crippen LogP contribution in [0.5, 0.6) is 0 Å². The van der Waals surface area contributed by atoms with Crippen LogP contribution in [0.2, 0.25) is 16.4 Å². The maximum Gasteiger partial charge on any atom is 0.457 e. The number of carbonyl (C=O) groups excluding carboxylic acids is 1. The molecule has 1 unspecified atom stereocenters. The third-order valence-corrected chi connectivity index (χ3v) is 8.52. The molecule has 192 valence electrons. The first-order chi connectivity index (χ1) is 15.8. The van der Waals surface area contributed by atoms with Crippen LogP contribution >= 0.6 is 23.2 Å². The summed E-state index contributed by atoms with van der Waals surface area (Å²) in [4.78, 5) is 14.3. The van der Waals surface area contributed by atoms with Gasteiger partial charge < -0.3 is 19.5 Å². The molecule has 2 rings (SSSR count). The molecule has 0 bridgehead atoms. The molecular formula is C26H43BCl2N2O3. The number of halogens is 2. The van der Waals surface area contributed by atoms with E-state index in [1.807, 2.05) is 30.1 Å². The Labute approximate surface area is 217 Å². The summed E-state index contributed by atoms with van der Waals surface area (Å²) in [6.45, 7) is 13.8. The molecule has 1 aliphatic heterocycles. The first-order valence-corrected chi connectivity index (χ1v) is 13.3. The zero-order valence-corrected chi connectivity index (χ0v) is 23.6. The van der Waals surface area contributed by atoms with Crippen molar-refractivity contribution < 1.29 is 14.1 Å². The molecule has 0 radical (unpaired) electrons. The van der Waals surface area contributed by atoms with Gasteiger partial charge >= 0.3 is 7.12 Å². The maximum absolute atomic E-state index is 12.3. The molecule has 8 heteroatoms. The highest BCUT2D eigenvalue weighted by Crippen LogP contribution is 2.38. The number of nitrogens with zero attached hydrogens (tertiary/aromatic N) is 1. The number of amides is 1. The fraction of sp³-hybridized carbons (Fsp3) is 0.731. The van der Waals surface area contributed by atoms with Gasteiger partial charge in [-0.15, -0.1) is 0 Å². The molecule has 0 spiro atoms. The second-order valence-electron chi connectivity index (χ2n) is 10.6. The molecule has 0 aromatic heterocycles. The van der Waals surface area contributed by atoms with Gasteiger partial charge in [-0.2, -0.15) is 0 Å². The predicted molar refractivity (Wildman–Crippen MR) is 144 cm³/mol. The van der Waals surface area contributed by atoms with E-state index in [2.05, 4.69) is 39.9 Å². The number of rotatable bonds is 13. The fourth-order valence-corrected chi connectivity index (χ4v) is 4.98. The van der Waals surface area contributed by atoms with E-state index < -0.39 is 0 Å². The summed E-state index contributed by atoms with van der Waals surface area (Å²) in [6, 6.07) is 5.71. The van der Waals surface area contributed by atoms with Crippen molar-refractivity contribution >= 4 is 36.2 Å². The molecule has 1 atom stereocenters. The molecule has 1 fully saturated rings. The van der Waals surface area contributed by atoms with E-state index in [0.29, 0.717) is 10.0 Å². The fourth-order valence-electron chi connectivity index (χ4n) is 4.66. The van der Waals surface area contributed by atoms with Crippen molar-refractivity contribution in [3.05, 3.63) is 33.8 Å². The number of nitrogens with one attached hydrogen (secondary N) is 1. The van der Waals surface area contributed by atoms with Gasteiger partial charge in [0.15, 0.2) is 0 Å². The summed E-state index contributed by atoms with van der Waals surface area (Å²) in [7, 11) is 1.79. The molecule has 1 amide bonds. The van der Waals surface area contributed by atoms with Crippen molar-refractivity contribution in [2.45, 2.75) is 110 Å². The molecule has 1 N–H and O–H groups in total. The van der Waals surface area contributed by atoms with Crippen LogP contribution in [0, 0.1) is 0 Å². The van der Waals surface area contributed by atoms with Crippen LogP contribution in [0.3, 0.4) is 0 Å². The number of benzene rings is 1. The number of unbranched alkanes of at least 4 members (excludes halogenated alkanes) is 1. The van der Waals surface area contributed by atoms with Gasteiger partial charge in [0.1, 0.15) is 0 Å². The average molecular weight is 513 g/mol. The van der Waals surface area contributed by atoms with E-state index in [0.717, 1.165) is 63.5 Å². The van der Waals surface area contributed by atoms with Crippen LogP contribution in [0.4, 0.5) is 0 Å². The topological polar surface area (TPSA) is 50.8 Å². The minimum atomic E-state index is -0.288.